The number of carbonyl (C=O) groups is 1. The summed E-state index contributed by atoms with van der Waals surface area (Å²) in [6.07, 6.45) is 2.86. The number of ether oxygens (including phenoxy) is 2. The molecule has 4 heteroatoms. The van der Waals surface area contributed by atoms with Gasteiger partial charge < -0.3 is 14.4 Å². The second-order valence-corrected chi connectivity index (χ2v) is 7.35. The molecule has 0 N–H and O–H groups in total. The Morgan fingerprint density at radius 2 is 1.96 bits per heavy atom. The van der Waals surface area contributed by atoms with E-state index in [2.05, 4.69) is 26.0 Å². The number of aryl methyl sites for hydroxylation is 1. The van der Waals surface area contributed by atoms with Gasteiger partial charge in [0.25, 0.3) is 5.91 Å². The minimum Gasteiger partial charge on any atom is -0.483 e. The topological polar surface area (TPSA) is 38.8 Å². The van der Waals surface area contributed by atoms with E-state index in [1.165, 1.54) is 5.56 Å². The van der Waals surface area contributed by atoms with Crippen molar-refractivity contribution in [1.82, 2.24) is 0 Å². The summed E-state index contributed by atoms with van der Waals surface area (Å²) in [6, 6.07) is 14.0. The fraction of sp³-hybridized carbons (Fsp3) is 0.381. The highest BCUT2D eigenvalue weighted by Crippen LogP contribution is 2.41. The van der Waals surface area contributed by atoms with Crippen LogP contribution < -0.4 is 14.4 Å². The smallest absolute Gasteiger partial charge is 0.264 e. The zero-order chi connectivity index (χ0) is 17.4. The van der Waals surface area contributed by atoms with Crippen LogP contribution in [0, 0.1) is 0 Å². The molecule has 0 spiro atoms. The predicted molar refractivity (Wildman–Crippen MR) is 97.5 cm³/mol. The first-order valence-electron chi connectivity index (χ1n) is 8.85. The molecule has 130 valence electrons. The lowest BCUT2D eigenvalue weighted by atomic mass is 10.0. The van der Waals surface area contributed by atoms with Crippen molar-refractivity contribution < 1.29 is 14.3 Å². The molecule has 2 aromatic rings. The van der Waals surface area contributed by atoms with Gasteiger partial charge in [-0.25, -0.2) is 0 Å². The highest BCUT2D eigenvalue weighted by atomic mass is 16.5. The molecule has 2 aliphatic heterocycles. The van der Waals surface area contributed by atoms with Crippen molar-refractivity contribution in [2.24, 2.45) is 0 Å². The van der Waals surface area contributed by atoms with Crippen molar-refractivity contribution in [2.75, 3.05) is 18.1 Å². The summed E-state index contributed by atoms with van der Waals surface area (Å²) in [5.74, 6) is 1.42. The van der Waals surface area contributed by atoms with Crippen molar-refractivity contribution in [2.45, 2.75) is 38.7 Å². The number of nitrogens with zero attached hydrogens (tertiary/aromatic N) is 1. The standard InChI is InChI=1S/C21H23NO3/c1-21(2)13-16-8-5-11-18(20(16)25-21)24-14-19(23)22-12-6-9-15-7-3-4-10-17(15)22/h3-5,7-8,10-11H,6,9,12-14H2,1-2H3. The summed E-state index contributed by atoms with van der Waals surface area (Å²) in [7, 11) is 0. The fourth-order valence-electron chi connectivity index (χ4n) is 3.71. The molecule has 0 fully saturated rings. The minimum absolute atomic E-state index is 0.0120. The molecule has 0 aliphatic carbocycles. The van der Waals surface area contributed by atoms with Crippen LogP contribution in [0.15, 0.2) is 42.5 Å². The van der Waals surface area contributed by atoms with Crippen molar-refractivity contribution in [1.29, 1.82) is 0 Å². The van der Waals surface area contributed by atoms with Gasteiger partial charge in [-0.15, -0.1) is 0 Å². The van der Waals surface area contributed by atoms with E-state index in [1.807, 2.05) is 35.2 Å². The number of fused-ring (bicyclic) bond motifs is 2. The van der Waals surface area contributed by atoms with Gasteiger partial charge in [-0.05, 0) is 44.4 Å². The molecule has 25 heavy (non-hydrogen) atoms. The number of anilines is 1. The zero-order valence-electron chi connectivity index (χ0n) is 14.7. The maximum absolute atomic E-state index is 12.7. The second kappa shape index (κ2) is 6.10. The van der Waals surface area contributed by atoms with Crippen LogP contribution in [0.3, 0.4) is 0 Å². The average Bonchev–Trinajstić information content (AvgIpc) is 2.93. The Morgan fingerprint density at radius 3 is 2.84 bits per heavy atom. The summed E-state index contributed by atoms with van der Waals surface area (Å²) in [5, 5.41) is 0. The molecule has 2 aromatic carbocycles. The Labute approximate surface area is 148 Å². The molecule has 0 radical (unpaired) electrons. The van der Waals surface area contributed by atoms with Crippen LogP contribution in [-0.2, 0) is 17.6 Å². The van der Waals surface area contributed by atoms with Crippen LogP contribution >= 0.6 is 0 Å². The Balaban J connectivity index is 1.49. The highest BCUT2D eigenvalue weighted by Gasteiger charge is 2.32. The number of hydrogen-bond acceptors (Lipinski definition) is 3. The molecule has 4 nitrogen and oxygen atoms in total. The lowest BCUT2D eigenvalue weighted by Crippen LogP contribution is -2.38. The van der Waals surface area contributed by atoms with Crippen molar-refractivity contribution in [3.8, 4) is 11.5 Å². The second-order valence-electron chi connectivity index (χ2n) is 7.35. The van der Waals surface area contributed by atoms with Gasteiger partial charge in [-0.3, -0.25) is 4.79 Å². The number of carbonyl (C=O) groups excluding carboxylic acids is 1. The van der Waals surface area contributed by atoms with E-state index in [-0.39, 0.29) is 18.1 Å². The maximum Gasteiger partial charge on any atom is 0.264 e. The molecular weight excluding hydrogens is 314 g/mol. The van der Waals surface area contributed by atoms with Crippen LogP contribution in [0.4, 0.5) is 5.69 Å². The number of amides is 1. The quantitative estimate of drug-likeness (QED) is 0.856. The lowest BCUT2D eigenvalue weighted by molar-refractivity contribution is -0.120. The number of hydrogen-bond donors (Lipinski definition) is 0. The minimum atomic E-state index is -0.225. The molecule has 2 heterocycles. The van der Waals surface area contributed by atoms with E-state index in [0.29, 0.717) is 5.75 Å². The third-order valence-electron chi connectivity index (χ3n) is 4.82. The summed E-state index contributed by atoms with van der Waals surface area (Å²) in [4.78, 5) is 14.6. The number of rotatable bonds is 3. The monoisotopic (exact) mass is 337 g/mol. The Morgan fingerprint density at radius 1 is 1.16 bits per heavy atom. The Hall–Kier alpha value is -2.49. The maximum atomic E-state index is 12.7. The van der Waals surface area contributed by atoms with Gasteiger partial charge in [0.05, 0.1) is 0 Å². The molecule has 0 bridgehead atoms. The fourth-order valence-corrected chi connectivity index (χ4v) is 3.71. The summed E-state index contributed by atoms with van der Waals surface area (Å²) in [5.41, 5.74) is 3.15. The molecule has 4 rings (SSSR count). The molecular formula is C21H23NO3. The molecule has 1 amide bonds. The van der Waals surface area contributed by atoms with Crippen LogP contribution in [0.25, 0.3) is 0 Å². The van der Waals surface area contributed by atoms with Crippen LogP contribution in [0.1, 0.15) is 31.4 Å². The lowest BCUT2D eigenvalue weighted by Gasteiger charge is -2.29. The molecule has 0 saturated carbocycles. The first-order valence-corrected chi connectivity index (χ1v) is 8.85. The van der Waals surface area contributed by atoms with Gasteiger partial charge in [0.2, 0.25) is 0 Å². The number of para-hydroxylation sites is 2. The van der Waals surface area contributed by atoms with Gasteiger partial charge in [0.1, 0.15) is 5.60 Å². The van der Waals surface area contributed by atoms with Gasteiger partial charge in [-0.2, -0.15) is 0 Å². The van der Waals surface area contributed by atoms with Crippen LogP contribution in [0.2, 0.25) is 0 Å². The third kappa shape index (κ3) is 3.09. The molecule has 0 aromatic heterocycles. The van der Waals surface area contributed by atoms with E-state index >= 15 is 0 Å². The highest BCUT2D eigenvalue weighted by molar-refractivity contribution is 5.95. The number of benzene rings is 2. The van der Waals surface area contributed by atoms with E-state index in [1.54, 1.807) is 0 Å². The Kier molecular flexibility index (Phi) is 3.91. The van der Waals surface area contributed by atoms with Gasteiger partial charge in [-0.1, -0.05) is 30.3 Å². The average molecular weight is 337 g/mol. The van der Waals surface area contributed by atoms with Crippen molar-refractivity contribution in [3.05, 3.63) is 53.6 Å². The van der Waals surface area contributed by atoms with Gasteiger partial charge in [0.15, 0.2) is 18.1 Å². The molecule has 2 aliphatic rings. The molecule has 0 unspecified atom stereocenters. The first-order chi connectivity index (χ1) is 12.0. The SMILES string of the molecule is CC1(C)Cc2cccc(OCC(=O)N3CCCc4ccccc43)c2O1. The zero-order valence-corrected chi connectivity index (χ0v) is 14.7. The third-order valence-corrected chi connectivity index (χ3v) is 4.82. The van der Waals surface area contributed by atoms with Crippen LogP contribution in [0.5, 0.6) is 11.5 Å². The van der Waals surface area contributed by atoms with E-state index in [4.69, 9.17) is 9.47 Å². The molecule has 0 saturated heterocycles. The van der Waals surface area contributed by atoms with Gasteiger partial charge >= 0.3 is 0 Å². The largest absolute Gasteiger partial charge is 0.483 e. The van der Waals surface area contributed by atoms with E-state index in [9.17, 15) is 4.79 Å². The summed E-state index contributed by atoms with van der Waals surface area (Å²) >= 11 is 0. The summed E-state index contributed by atoms with van der Waals surface area (Å²) < 4.78 is 11.9. The summed E-state index contributed by atoms with van der Waals surface area (Å²) in [6.45, 7) is 4.89. The normalized spacial score (nSPS) is 17.4. The van der Waals surface area contributed by atoms with E-state index < -0.39 is 0 Å². The molecule has 0 atom stereocenters. The van der Waals surface area contributed by atoms with Crippen molar-refractivity contribution in [3.63, 3.8) is 0 Å². The first kappa shape index (κ1) is 16.0. The van der Waals surface area contributed by atoms with Crippen molar-refractivity contribution >= 4 is 11.6 Å². The predicted octanol–water partition coefficient (Wildman–Crippen LogP) is 3.76. The van der Waals surface area contributed by atoms with Gasteiger partial charge in [0, 0.05) is 24.2 Å². The Bertz CT molecular complexity index is 813. The van der Waals surface area contributed by atoms with Crippen LogP contribution in [-0.4, -0.2) is 24.7 Å². The van der Waals surface area contributed by atoms with E-state index in [0.717, 1.165) is 42.8 Å².